The Morgan fingerprint density at radius 2 is 1.88 bits per heavy atom. The van der Waals surface area contributed by atoms with Gasteiger partial charge in [0.05, 0.1) is 0 Å². The summed E-state index contributed by atoms with van der Waals surface area (Å²) in [7, 11) is 0. The molecular formula is C13H14BrNO2. The third kappa shape index (κ3) is 3.19. The van der Waals surface area contributed by atoms with Crippen LogP contribution in [0, 0.1) is 0 Å². The Bertz CT molecular complexity index is 516. The standard InChI is InChI=1S/C13H14BrNO2/c14-11-3-1-10-6-13(4-2-9(10)5-11)17-8-12(16)7-15/h1-6,12,16H,7-8,15H2/t12-/m1/s1. The summed E-state index contributed by atoms with van der Waals surface area (Å²) in [5.74, 6) is 0.743. The number of nitrogens with two attached hydrogens (primary N) is 1. The van der Waals surface area contributed by atoms with Gasteiger partial charge in [0, 0.05) is 11.0 Å². The fourth-order valence-corrected chi connectivity index (χ4v) is 1.92. The minimum atomic E-state index is -0.615. The molecule has 0 bridgehead atoms. The molecule has 0 saturated heterocycles. The van der Waals surface area contributed by atoms with Crippen molar-refractivity contribution in [2.24, 2.45) is 5.73 Å². The normalized spacial score (nSPS) is 12.6. The van der Waals surface area contributed by atoms with E-state index in [1.807, 2.05) is 36.4 Å². The molecule has 0 aliphatic heterocycles. The molecule has 1 atom stereocenters. The maximum atomic E-state index is 9.31. The van der Waals surface area contributed by atoms with Gasteiger partial charge in [-0.25, -0.2) is 0 Å². The molecule has 2 aromatic rings. The third-order valence-corrected chi connectivity index (χ3v) is 2.98. The highest BCUT2D eigenvalue weighted by atomic mass is 79.9. The maximum absolute atomic E-state index is 9.31. The second-order valence-electron chi connectivity index (χ2n) is 3.85. The lowest BCUT2D eigenvalue weighted by Crippen LogP contribution is -2.26. The SMILES string of the molecule is NC[C@@H](O)COc1ccc2cc(Br)ccc2c1. The summed E-state index contributed by atoms with van der Waals surface area (Å²) < 4.78 is 6.51. The van der Waals surface area contributed by atoms with E-state index >= 15 is 0 Å². The first-order valence-corrected chi connectivity index (χ1v) is 6.18. The predicted octanol–water partition coefficient (Wildman–Crippen LogP) is 2.30. The first kappa shape index (κ1) is 12.4. The van der Waals surface area contributed by atoms with Crippen molar-refractivity contribution in [3.8, 4) is 5.75 Å². The van der Waals surface area contributed by atoms with Crippen molar-refractivity contribution in [1.29, 1.82) is 0 Å². The fraction of sp³-hybridized carbons (Fsp3) is 0.231. The smallest absolute Gasteiger partial charge is 0.120 e. The van der Waals surface area contributed by atoms with Crippen LogP contribution in [0.5, 0.6) is 5.75 Å². The van der Waals surface area contributed by atoms with Crippen molar-refractivity contribution in [3.63, 3.8) is 0 Å². The van der Waals surface area contributed by atoms with Gasteiger partial charge in [0.25, 0.3) is 0 Å². The molecule has 17 heavy (non-hydrogen) atoms. The van der Waals surface area contributed by atoms with Crippen LogP contribution in [0.4, 0.5) is 0 Å². The Morgan fingerprint density at radius 3 is 2.65 bits per heavy atom. The molecule has 0 heterocycles. The number of hydrogen-bond acceptors (Lipinski definition) is 3. The van der Waals surface area contributed by atoms with Crippen LogP contribution in [-0.2, 0) is 0 Å². The van der Waals surface area contributed by atoms with Crippen LogP contribution in [0.25, 0.3) is 10.8 Å². The zero-order valence-corrected chi connectivity index (χ0v) is 10.9. The highest BCUT2D eigenvalue weighted by molar-refractivity contribution is 9.10. The largest absolute Gasteiger partial charge is 0.491 e. The van der Waals surface area contributed by atoms with Crippen LogP contribution in [0.15, 0.2) is 40.9 Å². The number of aliphatic hydroxyl groups excluding tert-OH is 1. The number of benzene rings is 2. The van der Waals surface area contributed by atoms with Crippen molar-refractivity contribution in [2.45, 2.75) is 6.10 Å². The van der Waals surface area contributed by atoms with E-state index in [1.54, 1.807) is 0 Å². The van der Waals surface area contributed by atoms with E-state index in [1.165, 1.54) is 0 Å². The van der Waals surface area contributed by atoms with E-state index in [4.69, 9.17) is 10.5 Å². The summed E-state index contributed by atoms with van der Waals surface area (Å²) in [4.78, 5) is 0. The number of ether oxygens (including phenoxy) is 1. The molecule has 0 saturated carbocycles. The van der Waals surface area contributed by atoms with Crippen molar-refractivity contribution in [1.82, 2.24) is 0 Å². The van der Waals surface area contributed by atoms with E-state index in [2.05, 4.69) is 15.9 Å². The maximum Gasteiger partial charge on any atom is 0.120 e. The molecule has 90 valence electrons. The number of hydrogen-bond donors (Lipinski definition) is 2. The average Bonchev–Trinajstić information content (AvgIpc) is 2.35. The van der Waals surface area contributed by atoms with Crippen LogP contribution in [-0.4, -0.2) is 24.4 Å². The first-order valence-electron chi connectivity index (χ1n) is 5.39. The average molecular weight is 296 g/mol. The molecule has 0 aromatic heterocycles. The molecule has 0 unspecified atom stereocenters. The van der Waals surface area contributed by atoms with E-state index < -0.39 is 6.10 Å². The zero-order chi connectivity index (χ0) is 12.3. The van der Waals surface area contributed by atoms with Gasteiger partial charge in [0.15, 0.2) is 0 Å². The lowest BCUT2D eigenvalue weighted by atomic mass is 10.1. The highest BCUT2D eigenvalue weighted by Gasteiger charge is 2.03. The lowest BCUT2D eigenvalue weighted by Gasteiger charge is -2.10. The lowest BCUT2D eigenvalue weighted by molar-refractivity contribution is 0.114. The Balaban J connectivity index is 2.17. The van der Waals surface area contributed by atoms with Crippen molar-refractivity contribution < 1.29 is 9.84 Å². The van der Waals surface area contributed by atoms with Gasteiger partial charge >= 0.3 is 0 Å². The van der Waals surface area contributed by atoms with E-state index in [0.29, 0.717) is 0 Å². The van der Waals surface area contributed by atoms with Gasteiger partial charge in [0.2, 0.25) is 0 Å². The second kappa shape index (κ2) is 5.49. The zero-order valence-electron chi connectivity index (χ0n) is 9.27. The Morgan fingerprint density at radius 1 is 1.18 bits per heavy atom. The molecule has 0 spiro atoms. The van der Waals surface area contributed by atoms with Crippen LogP contribution < -0.4 is 10.5 Å². The summed E-state index contributed by atoms with van der Waals surface area (Å²) >= 11 is 3.43. The van der Waals surface area contributed by atoms with E-state index in [0.717, 1.165) is 21.0 Å². The highest BCUT2D eigenvalue weighted by Crippen LogP contribution is 2.24. The van der Waals surface area contributed by atoms with Gasteiger partial charge in [-0.3, -0.25) is 0 Å². The van der Waals surface area contributed by atoms with Crippen molar-refractivity contribution in [2.75, 3.05) is 13.2 Å². The number of halogens is 1. The van der Waals surface area contributed by atoms with Crippen LogP contribution in [0.3, 0.4) is 0 Å². The Labute approximate surface area is 108 Å². The van der Waals surface area contributed by atoms with Gasteiger partial charge in [-0.2, -0.15) is 0 Å². The van der Waals surface area contributed by atoms with Gasteiger partial charge in [-0.15, -0.1) is 0 Å². The number of fused-ring (bicyclic) bond motifs is 1. The third-order valence-electron chi connectivity index (χ3n) is 2.49. The van der Waals surface area contributed by atoms with Gasteiger partial charge in [-0.05, 0) is 35.0 Å². The molecule has 2 aromatic carbocycles. The number of aliphatic hydroxyl groups is 1. The monoisotopic (exact) mass is 295 g/mol. The molecule has 0 aliphatic carbocycles. The van der Waals surface area contributed by atoms with Crippen LogP contribution in [0.1, 0.15) is 0 Å². The molecular weight excluding hydrogens is 282 g/mol. The summed E-state index contributed by atoms with van der Waals surface area (Å²) in [5, 5.41) is 11.6. The molecule has 0 amide bonds. The minimum absolute atomic E-state index is 0.209. The van der Waals surface area contributed by atoms with E-state index in [-0.39, 0.29) is 13.2 Å². The Hall–Kier alpha value is -1.10. The summed E-state index contributed by atoms with van der Waals surface area (Å²) in [6, 6.07) is 11.9. The quantitative estimate of drug-likeness (QED) is 0.910. The molecule has 0 fully saturated rings. The molecule has 0 radical (unpaired) electrons. The summed E-state index contributed by atoms with van der Waals surface area (Å²) in [6.45, 7) is 0.430. The second-order valence-corrected chi connectivity index (χ2v) is 4.77. The van der Waals surface area contributed by atoms with Crippen molar-refractivity contribution >= 4 is 26.7 Å². The van der Waals surface area contributed by atoms with Crippen LogP contribution in [0.2, 0.25) is 0 Å². The van der Waals surface area contributed by atoms with Gasteiger partial charge in [0.1, 0.15) is 18.5 Å². The topological polar surface area (TPSA) is 55.5 Å². The van der Waals surface area contributed by atoms with Gasteiger partial charge < -0.3 is 15.6 Å². The summed E-state index contributed by atoms with van der Waals surface area (Å²) in [6.07, 6.45) is -0.615. The molecule has 4 heteroatoms. The Kier molecular flexibility index (Phi) is 3.99. The molecule has 3 nitrogen and oxygen atoms in total. The van der Waals surface area contributed by atoms with Crippen molar-refractivity contribution in [3.05, 3.63) is 40.9 Å². The molecule has 3 N–H and O–H groups in total. The number of rotatable bonds is 4. The summed E-state index contributed by atoms with van der Waals surface area (Å²) in [5.41, 5.74) is 5.31. The first-order chi connectivity index (χ1) is 8.19. The van der Waals surface area contributed by atoms with Crippen LogP contribution >= 0.6 is 15.9 Å². The van der Waals surface area contributed by atoms with E-state index in [9.17, 15) is 5.11 Å². The predicted molar refractivity (Wildman–Crippen MR) is 72.2 cm³/mol. The van der Waals surface area contributed by atoms with Gasteiger partial charge in [-0.1, -0.05) is 28.1 Å². The molecule has 0 aliphatic rings. The molecule has 2 rings (SSSR count). The minimum Gasteiger partial charge on any atom is -0.491 e. The fourth-order valence-electron chi connectivity index (χ4n) is 1.54.